The fourth-order valence-corrected chi connectivity index (χ4v) is 0.715. The molecule has 1 saturated heterocycles. The van der Waals surface area contributed by atoms with Crippen LogP contribution in [0.4, 0.5) is 0 Å². The Kier molecular flexibility index (Phi) is 1.10. The molecule has 35 valence electrons. The van der Waals surface area contributed by atoms with Crippen molar-refractivity contribution < 1.29 is 0 Å². The zero-order valence-electron chi connectivity index (χ0n) is 4.15. The minimum Gasteiger partial charge on any atom is -0.242 e. The van der Waals surface area contributed by atoms with Gasteiger partial charge in [0.05, 0.1) is 0 Å². The SMILES string of the molecule is C[C@H]1CC[N]C1. The van der Waals surface area contributed by atoms with E-state index in [0.29, 0.717) is 0 Å². The van der Waals surface area contributed by atoms with E-state index in [1.807, 2.05) is 0 Å². The molecular formula is C5H10N. The molecule has 0 amide bonds. The largest absolute Gasteiger partial charge is 0.242 e. The highest BCUT2D eigenvalue weighted by Gasteiger charge is 2.07. The van der Waals surface area contributed by atoms with Crippen LogP contribution in [-0.2, 0) is 0 Å². The van der Waals surface area contributed by atoms with Crippen LogP contribution in [0, 0.1) is 5.92 Å². The number of rotatable bonds is 0. The van der Waals surface area contributed by atoms with Gasteiger partial charge >= 0.3 is 0 Å². The van der Waals surface area contributed by atoms with Crippen molar-refractivity contribution in [1.29, 1.82) is 0 Å². The van der Waals surface area contributed by atoms with E-state index in [4.69, 9.17) is 0 Å². The monoisotopic (exact) mass is 84.1 g/mol. The Bertz CT molecular complexity index is 37.2. The van der Waals surface area contributed by atoms with E-state index in [1.165, 1.54) is 6.42 Å². The van der Waals surface area contributed by atoms with Crippen molar-refractivity contribution >= 4 is 0 Å². The summed E-state index contributed by atoms with van der Waals surface area (Å²) in [4.78, 5) is 0. The molecule has 1 atom stereocenters. The maximum atomic E-state index is 4.16. The summed E-state index contributed by atoms with van der Waals surface area (Å²) in [5.74, 6) is 0.880. The summed E-state index contributed by atoms with van der Waals surface area (Å²) >= 11 is 0. The van der Waals surface area contributed by atoms with Crippen LogP contribution < -0.4 is 5.32 Å². The molecule has 0 saturated carbocycles. The quantitative estimate of drug-likeness (QED) is 0.409. The second-order valence-electron chi connectivity index (χ2n) is 2.02. The van der Waals surface area contributed by atoms with Crippen molar-refractivity contribution in [2.45, 2.75) is 13.3 Å². The van der Waals surface area contributed by atoms with Crippen molar-refractivity contribution in [3.63, 3.8) is 0 Å². The van der Waals surface area contributed by atoms with Crippen LogP contribution in [0.2, 0.25) is 0 Å². The second-order valence-corrected chi connectivity index (χ2v) is 2.02. The highest BCUT2D eigenvalue weighted by Crippen LogP contribution is 2.04. The van der Waals surface area contributed by atoms with Crippen LogP contribution in [0.3, 0.4) is 0 Å². The highest BCUT2D eigenvalue weighted by molar-refractivity contribution is 4.64. The van der Waals surface area contributed by atoms with Crippen LogP contribution in [0.1, 0.15) is 13.3 Å². The molecule has 1 heterocycles. The molecule has 0 aliphatic carbocycles. The van der Waals surface area contributed by atoms with Gasteiger partial charge in [0.15, 0.2) is 0 Å². The summed E-state index contributed by atoms with van der Waals surface area (Å²) in [5.41, 5.74) is 0. The van der Waals surface area contributed by atoms with E-state index in [1.54, 1.807) is 0 Å². The Hall–Kier alpha value is -0.0400. The standard InChI is InChI=1S/C5H10N/c1-5-2-3-6-4-5/h5H,2-4H2,1H3/t5-/m0/s1. The maximum absolute atomic E-state index is 4.16. The minimum absolute atomic E-state index is 0.880. The average Bonchev–Trinajstić information content (AvgIpc) is 1.86. The van der Waals surface area contributed by atoms with Gasteiger partial charge in [0, 0.05) is 13.1 Å². The first-order valence-electron chi connectivity index (χ1n) is 2.53. The number of hydrogen-bond acceptors (Lipinski definition) is 0. The lowest BCUT2D eigenvalue weighted by Crippen LogP contribution is -1.97. The molecule has 6 heavy (non-hydrogen) atoms. The van der Waals surface area contributed by atoms with E-state index in [-0.39, 0.29) is 0 Å². The fraction of sp³-hybridized carbons (Fsp3) is 1.00. The van der Waals surface area contributed by atoms with Crippen LogP contribution >= 0.6 is 0 Å². The third-order valence-electron chi connectivity index (χ3n) is 1.22. The lowest BCUT2D eigenvalue weighted by atomic mass is 10.2. The predicted octanol–water partition coefficient (Wildman–Crippen LogP) is 0.631. The zero-order valence-corrected chi connectivity index (χ0v) is 4.15. The summed E-state index contributed by atoms with van der Waals surface area (Å²) in [6.45, 7) is 4.47. The molecule has 0 aromatic carbocycles. The Morgan fingerprint density at radius 1 is 1.67 bits per heavy atom. The number of nitrogens with zero attached hydrogens (tertiary/aromatic N) is 1. The summed E-state index contributed by atoms with van der Waals surface area (Å²) in [6.07, 6.45) is 1.32. The van der Waals surface area contributed by atoms with Crippen LogP contribution in [0.15, 0.2) is 0 Å². The van der Waals surface area contributed by atoms with Crippen molar-refractivity contribution in [3.05, 3.63) is 0 Å². The first kappa shape index (κ1) is 4.13. The lowest BCUT2D eigenvalue weighted by molar-refractivity contribution is 0.649. The molecule has 0 spiro atoms. The fourth-order valence-electron chi connectivity index (χ4n) is 0.715. The van der Waals surface area contributed by atoms with Gasteiger partial charge < -0.3 is 0 Å². The highest BCUT2D eigenvalue weighted by atomic mass is 14.9. The van der Waals surface area contributed by atoms with Crippen LogP contribution in [0.5, 0.6) is 0 Å². The van der Waals surface area contributed by atoms with Gasteiger partial charge in [0.25, 0.3) is 0 Å². The molecule has 1 heteroatoms. The van der Waals surface area contributed by atoms with Crippen molar-refractivity contribution in [1.82, 2.24) is 5.32 Å². The summed E-state index contributed by atoms with van der Waals surface area (Å²) in [5, 5.41) is 4.16. The van der Waals surface area contributed by atoms with Gasteiger partial charge in [0.1, 0.15) is 0 Å². The lowest BCUT2D eigenvalue weighted by Gasteiger charge is -1.89. The van der Waals surface area contributed by atoms with E-state index < -0.39 is 0 Å². The van der Waals surface area contributed by atoms with E-state index in [2.05, 4.69) is 12.2 Å². The molecule has 1 fully saturated rings. The Balaban J connectivity index is 2.18. The first-order valence-corrected chi connectivity index (χ1v) is 2.53. The maximum Gasteiger partial charge on any atom is 0.0159 e. The summed E-state index contributed by atoms with van der Waals surface area (Å²) in [6, 6.07) is 0. The normalized spacial score (nSPS) is 34.5. The molecule has 0 N–H and O–H groups in total. The predicted molar refractivity (Wildman–Crippen MR) is 25.6 cm³/mol. The van der Waals surface area contributed by atoms with Crippen LogP contribution in [0.25, 0.3) is 0 Å². The molecule has 1 aliphatic rings. The first-order chi connectivity index (χ1) is 2.89. The second kappa shape index (κ2) is 1.61. The number of hydrogen-bond donors (Lipinski definition) is 0. The molecule has 0 bridgehead atoms. The van der Waals surface area contributed by atoms with Gasteiger partial charge in [-0.05, 0) is 12.3 Å². The van der Waals surface area contributed by atoms with Gasteiger partial charge in [0.2, 0.25) is 0 Å². The van der Waals surface area contributed by atoms with Gasteiger partial charge in [-0.15, -0.1) is 0 Å². The average molecular weight is 84.1 g/mol. The zero-order chi connectivity index (χ0) is 4.41. The minimum atomic E-state index is 0.880. The van der Waals surface area contributed by atoms with E-state index >= 15 is 0 Å². The Morgan fingerprint density at radius 2 is 2.50 bits per heavy atom. The van der Waals surface area contributed by atoms with Gasteiger partial charge in [-0.2, -0.15) is 0 Å². The van der Waals surface area contributed by atoms with Gasteiger partial charge in [-0.3, -0.25) is 0 Å². The third kappa shape index (κ3) is 0.716. The molecule has 1 nitrogen and oxygen atoms in total. The molecule has 1 aliphatic heterocycles. The molecule has 1 rings (SSSR count). The Morgan fingerprint density at radius 3 is 2.67 bits per heavy atom. The molecular weight excluding hydrogens is 74.1 g/mol. The van der Waals surface area contributed by atoms with Gasteiger partial charge in [-0.25, -0.2) is 5.32 Å². The smallest absolute Gasteiger partial charge is 0.0159 e. The van der Waals surface area contributed by atoms with E-state index in [9.17, 15) is 0 Å². The van der Waals surface area contributed by atoms with Crippen LogP contribution in [-0.4, -0.2) is 13.1 Å². The van der Waals surface area contributed by atoms with Crippen molar-refractivity contribution in [3.8, 4) is 0 Å². The van der Waals surface area contributed by atoms with Gasteiger partial charge in [-0.1, -0.05) is 6.92 Å². The molecule has 1 radical (unpaired) electrons. The Labute approximate surface area is 38.7 Å². The topological polar surface area (TPSA) is 14.1 Å². The molecule has 0 aromatic rings. The molecule has 0 aromatic heterocycles. The van der Waals surface area contributed by atoms with E-state index in [0.717, 1.165) is 19.0 Å². The van der Waals surface area contributed by atoms with Crippen molar-refractivity contribution in [2.24, 2.45) is 5.92 Å². The third-order valence-corrected chi connectivity index (χ3v) is 1.22. The summed E-state index contributed by atoms with van der Waals surface area (Å²) in [7, 11) is 0. The molecule has 0 unspecified atom stereocenters. The van der Waals surface area contributed by atoms with Crippen molar-refractivity contribution in [2.75, 3.05) is 13.1 Å². The summed E-state index contributed by atoms with van der Waals surface area (Å²) < 4.78 is 0.